The molecule has 0 atom stereocenters. The Morgan fingerprint density at radius 1 is 1.06 bits per heavy atom. The fraction of sp³-hybridized carbons (Fsp3) is 0.500. The summed E-state index contributed by atoms with van der Waals surface area (Å²) in [5.74, 6) is 0. The third-order valence-corrected chi connectivity index (χ3v) is 3.79. The predicted molar refractivity (Wildman–Crippen MR) is 75.0 cm³/mol. The first kappa shape index (κ1) is 11.5. The van der Waals surface area contributed by atoms with Crippen molar-refractivity contribution in [1.29, 1.82) is 0 Å². The minimum absolute atomic E-state index is 1.09. The number of likely N-dealkylation sites (N-methyl/N-ethyl adjacent to an activating group) is 1. The van der Waals surface area contributed by atoms with Gasteiger partial charge >= 0.3 is 0 Å². The van der Waals surface area contributed by atoms with E-state index in [9.17, 15) is 0 Å². The highest BCUT2D eigenvalue weighted by Crippen LogP contribution is 2.25. The third-order valence-electron chi connectivity index (χ3n) is 3.79. The Bertz CT molecular complexity index is 546. The number of aryl methyl sites for hydroxylation is 1. The number of fused-ring (bicyclic) bond motifs is 1. The van der Waals surface area contributed by atoms with E-state index in [1.54, 1.807) is 0 Å². The number of rotatable bonds is 1. The van der Waals surface area contributed by atoms with Gasteiger partial charge in [0.15, 0.2) is 0 Å². The molecule has 0 unspecified atom stereocenters. The van der Waals surface area contributed by atoms with Gasteiger partial charge in [0.1, 0.15) is 5.52 Å². The molecule has 1 saturated heterocycles. The second-order valence-electron chi connectivity index (χ2n) is 5.14. The standard InChI is InChI=1S/C14H20N4/c1-16-7-4-8-18(10-9-16)13-6-3-5-12-14(13)15-11-17(12)2/h3,5-6,11H,4,7-10H2,1-2H3. The lowest BCUT2D eigenvalue weighted by Crippen LogP contribution is -2.28. The lowest BCUT2D eigenvalue weighted by molar-refractivity contribution is 0.360. The minimum Gasteiger partial charge on any atom is -0.368 e. The van der Waals surface area contributed by atoms with Crippen LogP contribution in [0.4, 0.5) is 5.69 Å². The molecule has 3 rings (SSSR count). The molecule has 1 fully saturated rings. The van der Waals surface area contributed by atoms with E-state index < -0.39 is 0 Å². The summed E-state index contributed by atoms with van der Waals surface area (Å²) in [5, 5.41) is 0. The molecule has 0 radical (unpaired) electrons. The number of para-hydroxylation sites is 1. The van der Waals surface area contributed by atoms with Gasteiger partial charge in [-0.15, -0.1) is 0 Å². The quantitative estimate of drug-likeness (QED) is 0.763. The number of benzene rings is 1. The van der Waals surface area contributed by atoms with Crippen LogP contribution >= 0.6 is 0 Å². The number of imidazole rings is 1. The van der Waals surface area contributed by atoms with Crippen LogP contribution in [0.25, 0.3) is 11.0 Å². The van der Waals surface area contributed by atoms with Crippen molar-refractivity contribution in [3.8, 4) is 0 Å². The van der Waals surface area contributed by atoms with Crippen LogP contribution < -0.4 is 4.90 Å². The molecule has 1 aromatic carbocycles. The number of hydrogen-bond acceptors (Lipinski definition) is 3. The van der Waals surface area contributed by atoms with Gasteiger partial charge in [-0.3, -0.25) is 0 Å². The zero-order valence-electron chi connectivity index (χ0n) is 11.1. The maximum Gasteiger partial charge on any atom is 0.112 e. The Kier molecular flexibility index (Phi) is 2.96. The van der Waals surface area contributed by atoms with Crippen molar-refractivity contribution in [1.82, 2.24) is 14.5 Å². The molecule has 0 aliphatic carbocycles. The third kappa shape index (κ3) is 1.97. The van der Waals surface area contributed by atoms with Gasteiger partial charge in [0.25, 0.3) is 0 Å². The van der Waals surface area contributed by atoms with Gasteiger partial charge in [0.2, 0.25) is 0 Å². The topological polar surface area (TPSA) is 24.3 Å². The minimum atomic E-state index is 1.09. The van der Waals surface area contributed by atoms with E-state index in [1.807, 2.05) is 6.33 Å². The largest absolute Gasteiger partial charge is 0.368 e. The van der Waals surface area contributed by atoms with Crippen LogP contribution in [-0.2, 0) is 7.05 Å². The molecule has 4 heteroatoms. The predicted octanol–water partition coefficient (Wildman–Crippen LogP) is 1.72. The van der Waals surface area contributed by atoms with Gasteiger partial charge in [0, 0.05) is 26.7 Å². The summed E-state index contributed by atoms with van der Waals surface area (Å²) >= 11 is 0. The average Bonchev–Trinajstić information content (AvgIpc) is 2.62. The molecule has 1 aliphatic heterocycles. The SMILES string of the molecule is CN1CCCN(c2cccc3c2ncn3C)CC1. The maximum absolute atomic E-state index is 4.55. The zero-order chi connectivity index (χ0) is 12.5. The second-order valence-corrected chi connectivity index (χ2v) is 5.14. The van der Waals surface area contributed by atoms with Crippen LogP contribution in [0.3, 0.4) is 0 Å². The van der Waals surface area contributed by atoms with Crippen LogP contribution in [0, 0.1) is 0 Å². The van der Waals surface area contributed by atoms with Crippen LogP contribution in [-0.4, -0.2) is 47.7 Å². The average molecular weight is 244 g/mol. The molecule has 0 bridgehead atoms. The number of aromatic nitrogens is 2. The first-order valence-corrected chi connectivity index (χ1v) is 6.59. The van der Waals surface area contributed by atoms with Gasteiger partial charge in [-0.05, 0) is 32.1 Å². The number of anilines is 1. The second kappa shape index (κ2) is 4.61. The van der Waals surface area contributed by atoms with Crippen LogP contribution in [0.5, 0.6) is 0 Å². The van der Waals surface area contributed by atoms with Crippen molar-refractivity contribution in [2.75, 3.05) is 38.1 Å². The van der Waals surface area contributed by atoms with Crippen LogP contribution in [0.2, 0.25) is 0 Å². The van der Waals surface area contributed by atoms with E-state index in [1.165, 1.54) is 24.2 Å². The number of nitrogens with zero attached hydrogens (tertiary/aromatic N) is 4. The van der Waals surface area contributed by atoms with Crippen molar-refractivity contribution in [3.05, 3.63) is 24.5 Å². The highest BCUT2D eigenvalue weighted by atomic mass is 15.2. The lowest BCUT2D eigenvalue weighted by atomic mass is 10.2. The van der Waals surface area contributed by atoms with Gasteiger partial charge in [-0.25, -0.2) is 4.98 Å². The molecule has 2 aromatic rings. The van der Waals surface area contributed by atoms with Crippen LogP contribution in [0.15, 0.2) is 24.5 Å². The summed E-state index contributed by atoms with van der Waals surface area (Å²) in [6.45, 7) is 4.53. The van der Waals surface area contributed by atoms with Gasteiger partial charge in [-0.2, -0.15) is 0 Å². The molecule has 0 spiro atoms. The van der Waals surface area contributed by atoms with E-state index in [4.69, 9.17) is 0 Å². The van der Waals surface area contributed by atoms with E-state index in [2.05, 4.69) is 51.6 Å². The van der Waals surface area contributed by atoms with Gasteiger partial charge in [-0.1, -0.05) is 6.07 Å². The molecule has 1 aliphatic rings. The molecule has 18 heavy (non-hydrogen) atoms. The summed E-state index contributed by atoms with van der Waals surface area (Å²) in [5.41, 5.74) is 3.62. The molecule has 0 N–H and O–H groups in total. The van der Waals surface area contributed by atoms with Crippen LogP contribution in [0.1, 0.15) is 6.42 Å². The Balaban J connectivity index is 1.98. The molecule has 1 aromatic heterocycles. The summed E-state index contributed by atoms with van der Waals surface area (Å²) in [6, 6.07) is 6.46. The molecule has 4 nitrogen and oxygen atoms in total. The van der Waals surface area contributed by atoms with Gasteiger partial charge < -0.3 is 14.4 Å². The molecular formula is C14H20N4. The highest BCUT2D eigenvalue weighted by Gasteiger charge is 2.16. The Morgan fingerprint density at radius 2 is 1.94 bits per heavy atom. The molecular weight excluding hydrogens is 224 g/mol. The molecule has 2 heterocycles. The van der Waals surface area contributed by atoms with E-state index >= 15 is 0 Å². The summed E-state index contributed by atoms with van der Waals surface area (Å²) in [6.07, 6.45) is 3.12. The molecule has 96 valence electrons. The van der Waals surface area contributed by atoms with Gasteiger partial charge in [0.05, 0.1) is 17.5 Å². The number of hydrogen-bond donors (Lipinski definition) is 0. The Hall–Kier alpha value is -1.55. The Labute approximate surface area is 108 Å². The fourth-order valence-corrected chi connectivity index (χ4v) is 2.69. The lowest BCUT2D eigenvalue weighted by Gasteiger charge is -2.23. The van der Waals surface area contributed by atoms with E-state index in [0.29, 0.717) is 0 Å². The first-order chi connectivity index (χ1) is 8.75. The highest BCUT2D eigenvalue weighted by molar-refractivity contribution is 5.88. The van der Waals surface area contributed by atoms with E-state index in [-0.39, 0.29) is 0 Å². The smallest absolute Gasteiger partial charge is 0.112 e. The normalized spacial score (nSPS) is 18.2. The first-order valence-electron chi connectivity index (χ1n) is 6.59. The summed E-state index contributed by atoms with van der Waals surface area (Å²) in [7, 11) is 4.25. The van der Waals surface area contributed by atoms with Crippen molar-refractivity contribution >= 4 is 16.7 Å². The zero-order valence-corrected chi connectivity index (χ0v) is 11.1. The van der Waals surface area contributed by atoms with Crippen molar-refractivity contribution in [3.63, 3.8) is 0 Å². The fourth-order valence-electron chi connectivity index (χ4n) is 2.69. The molecule has 0 saturated carbocycles. The van der Waals surface area contributed by atoms with Crippen molar-refractivity contribution in [2.24, 2.45) is 7.05 Å². The van der Waals surface area contributed by atoms with Crippen molar-refractivity contribution < 1.29 is 0 Å². The monoisotopic (exact) mass is 244 g/mol. The van der Waals surface area contributed by atoms with E-state index in [0.717, 1.165) is 25.2 Å². The Morgan fingerprint density at radius 3 is 2.83 bits per heavy atom. The van der Waals surface area contributed by atoms with Crippen molar-refractivity contribution in [2.45, 2.75) is 6.42 Å². The maximum atomic E-state index is 4.55. The molecule has 0 amide bonds. The summed E-state index contributed by atoms with van der Waals surface area (Å²) < 4.78 is 2.09. The summed E-state index contributed by atoms with van der Waals surface area (Å²) in [4.78, 5) is 9.42.